The van der Waals surface area contributed by atoms with Crippen LogP contribution in [0, 0.1) is 0 Å². The van der Waals surface area contributed by atoms with Gasteiger partial charge in [-0.05, 0) is 64.8 Å². The van der Waals surface area contributed by atoms with Crippen molar-refractivity contribution in [3.8, 4) is 11.3 Å². The molecule has 0 atom stereocenters. The zero-order chi connectivity index (χ0) is 27.0. The molecule has 9 heteroatoms. The maximum Gasteiger partial charge on any atom is 0.335 e. The highest BCUT2D eigenvalue weighted by molar-refractivity contribution is 6.76. The maximum atomic E-state index is 11.7. The van der Waals surface area contributed by atoms with Gasteiger partial charge in [-0.15, -0.1) is 0 Å². The van der Waals surface area contributed by atoms with Gasteiger partial charge < -0.3 is 25.0 Å². The third kappa shape index (κ3) is 6.97. The minimum atomic E-state index is -1.20. The first kappa shape index (κ1) is 27.3. The molecule has 0 amide bonds. The van der Waals surface area contributed by atoms with Crippen molar-refractivity contribution in [2.75, 3.05) is 11.9 Å². The fourth-order valence-corrected chi connectivity index (χ4v) is 6.22. The molecule has 200 valence electrons. The molecular weight excluding hydrogens is 482 g/mol. The van der Waals surface area contributed by atoms with Crippen LogP contribution in [0.15, 0.2) is 36.7 Å². The van der Waals surface area contributed by atoms with Crippen molar-refractivity contribution in [2.45, 2.75) is 90.1 Å². The number of nitrogens with zero attached hydrogens (tertiary/aromatic N) is 3. The Morgan fingerprint density at radius 3 is 2.54 bits per heavy atom. The highest BCUT2D eigenvalue weighted by Gasteiger charge is 2.37. The number of piperidine rings is 1. The number of carboxylic acids is 1. The third-order valence-electron chi connectivity index (χ3n) is 6.81. The summed E-state index contributed by atoms with van der Waals surface area (Å²) in [5.74, 6) is -0.345. The summed E-state index contributed by atoms with van der Waals surface area (Å²) >= 11 is 0. The molecule has 1 saturated heterocycles. The number of hydrogen-bond donors (Lipinski definition) is 3. The lowest BCUT2D eigenvalue weighted by Gasteiger charge is -2.46. The number of benzene rings is 1. The minimum absolute atomic E-state index is 0.0157. The molecule has 3 aromatic rings. The summed E-state index contributed by atoms with van der Waals surface area (Å²) in [5, 5.41) is 17.8. The van der Waals surface area contributed by atoms with E-state index in [0.29, 0.717) is 19.3 Å². The zero-order valence-corrected chi connectivity index (χ0v) is 24.2. The Bertz CT molecular complexity index is 1260. The Hall–Kier alpha value is -2.75. The molecule has 0 saturated carbocycles. The number of ether oxygens (including phenoxy) is 1. The lowest BCUT2D eigenvalue weighted by atomic mass is 9.80. The van der Waals surface area contributed by atoms with E-state index < -0.39 is 14.0 Å². The second-order valence-electron chi connectivity index (χ2n) is 12.8. The van der Waals surface area contributed by atoms with E-state index in [9.17, 15) is 9.90 Å². The Kier molecular flexibility index (Phi) is 7.51. The third-order valence-corrected chi connectivity index (χ3v) is 8.52. The summed E-state index contributed by atoms with van der Waals surface area (Å²) in [5.41, 5.74) is 2.82. The van der Waals surface area contributed by atoms with Gasteiger partial charge in [0.1, 0.15) is 6.73 Å². The van der Waals surface area contributed by atoms with E-state index >= 15 is 0 Å². The predicted octanol–water partition coefficient (Wildman–Crippen LogP) is 5.83. The standard InChI is InChI=1S/C28H41N5O3Si/c1-27(2)15-20(16-28(3,4)32-27)30-26-29-11-10-23(31-26)22-17-33(18-36-12-13-37(5,6)7)24-14-19(25(34)35)8-9-21(22)24/h8-11,14,17,20,32H,12-13,15-16,18H2,1-7H3,(H,34,35)(H,29,30,31). The summed E-state index contributed by atoms with van der Waals surface area (Å²) < 4.78 is 8.00. The number of aromatic nitrogens is 3. The van der Waals surface area contributed by atoms with Crippen molar-refractivity contribution in [3.63, 3.8) is 0 Å². The average Bonchev–Trinajstić information content (AvgIpc) is 3.12. The van der Waals surface area contributed by atoms with Crippen LogP contribution in [0.5, 0.6) is 0 Å². The molecule has 1 aromatic carbocycles. The molecule has 8 nitrogen and oxygen atoms in total. The van der Waals surface area contributed by atoms with Gasteiger partial charge in [0.2, 0.25) is 5.95 Å². The van der Waals surface area contributed by atoms with Gasteiger partial charge in [0.25, 0.3) is 0 Å². The fourth-order valence-electron chi connectivity index (χ4n) is 5.46. The SMILES string of the molecule is CC1(C)CC(Nc2nccc(-c3cn(COCC[Si](C)(C)C)c4cc(C(=O)O)ccc34)n2)CC(C)(C)N1. The summed E-state index contributed by atoms with van der Waals surface area (Å²) in [4.78, 5) is 21.0. The number of carboxylic acid groups (broad SMARTS) is 1. The van der Waals surface area contributed by atoms with Crippen LogP contribution >= 0.6 is 0 Å². The summed E-state index contributed by atoms with van der Waals surface area (Å²) in [6, 6.07) is 8.44. The number of aromatic carboxylic acids is 1. The van der Waals surface area contributed by atoms with Crippen molar-refractivity contribution < 1.29 is 14.6 Å². The second-order valence-corrected chi connectivity index (χ2v) is 18.4. The van der Waals surface area contributed by atoms with Crippen LogP contribution < -0.4 is 10.6 Å². The number of nitrogens with one attached hydrogen (secondary N) is 2. The molecule has 0 bridgehead atoms. The van der Waals surface area contributed by atoms with Crippen molar-refractivity contribution >= 4 is 30.9 Å². The monoisotopic (exact) mass is 523 g/mol. The molecule has 0 unspecified atom stereocenters. The lowest BCUT2D eigenvalue weighted by molar-refractivity contribution is 0.0696. The van der Waals surface area contributed by atoms with Gasteiger partial charge in [0.15, 0.2) is 0 Å². The molecule has 0 spiro atoms. The zero-order valence-electron chi connectivity index (χ0n) is 23.2. The van der Waals surface area contributed by atoms with E-state index in [1.165, 1.54) is 0 Å². The van der Waals surface area contributed by atoms with Crippen molar-refractivity contribution in [1.29, 1.82) is 0 Å². The Morgan fingerprint density at radius 1 is 1.19 bits per heavy atom. The molecule has 37 heavy (non-hydrogen) atoms. The molecule has 2 aromatic heterocycles. The first-order valence-electron chi connectivity index (χ1n) is 13.0. The van der Waals surface area contributed by atoms with E-state index in [1.54, 1.807) is 18.3 Å². The molecule has 0 aliphatic carbocycles. The number of anilines is 1. The summed E-state index contributed by atoms with van der Waals surface area (Å²) in [7, 11) is -1.20. The minimum Gasteiger partial charge on any atom is -0.478 e. The normalized spacial score (nSPS) is 17.7. The average molecular weight is 524 g/mol. The molecule has 0 radical (unpaired) electrons. The van der Waals surface area contributed by atoms with Crippen LogP contribution in [-0.4, -0.2) is 57.4 Å². The van der Waals surface area contributed by atoms with Crippen LogP contribution in [0.3, 0.4) is 0 Å². The van der Waals surface area contributed by atoms with E-state index in [1.807, 2.05) is 22.9 Å². The van der Waals surface area contributed by atoms with Crippen LogP contribution in [0.1, 0.15) is 50.9 Å². The molecule has 4 rings (SSSR count). The van der Waals surface area contributed by atoms with Gasteiger partial charge in [-0.3, -0.25) is 0 Å². The topological polar surface area (TPSA) is 101 Å². The fraction of sp³-hybridized carbons (Fsp3) is 0.536. The van der Waals surface area contributed by atoms with Crippen molar-refractivity contribution in [2.24, 2.45) is 0 Å². The van der Waals surface area contributed by atoms with Crippen LogP contribution in [0.4, 0.5) is 5.95 Å². The van der Waals surface area contributed by atoms with Gasteiger partial charge in [-0.2, -0.15) is 0 Å². The van der Waals surface area contributed by atoms with E-state index in [0.717, 1.165) is 41.0 Å². The van der Waals surface area contributed by atoms with Crippen molar-refractivity contribution in [3.05, 3.63) is 42.2 Å². The van der Waals surface area contributed by atoms with E-state index in [2.05, 4.69) is 63.0 Å². The second kappa shape index (κ2) is 10.2. The highest BCUT2D eigenvalue weighted by Crippen LogP contribution is 2.33. The maximum absolute atomic E-state index is 11.7. The Morgan fingerprint density at radius 2 is 1.89 bits per heavy atom. The smallest absolute Gasteiger partial charge is 0.335 e. The van der Waals surface area contributed by atoms with Gasteiger partial charge in [0, 0.05) is 55.1 Å². The Labute approximate surface area is 220 Å². The molecule has 1 aliphatic rings. The van der Waals surface area contributed by atoms with Crippen LogP contribution in [0.25, 0.3) is 22.2 Å². The van der Waals surface area contributed by atoms with Gasteiger partial charge in [-0.25, -0.2) is 14.8 Å². The number of carbonyl (C=O) groups is 1. The largest absolute Gasteiger partial charge is 0.478 e. The van der Waals surface area contributed by atoms with E-state index in [-0.39, 0.29) is 22.7 Å². The van der Waals surface area contributed by atoms with Crippen LogP contribution in [0.2, 0.25) is 25.7 Å². The summed E-state index contributed by atoms with van der Waals surface area (Å²) in [6.45, 7) is 16.9. The highest BCUT2D eigenvalue weighted by atomic mass is 28.3. The lowest BCUT2D eigenvalue weighted by Crippen LogP contribution is -2.60. The van der Waals surface area contributed by atoms with E-state index in [4.69, 9.17) is 9.72 Å². The number of rotatable bonds is 9. The molecule has 3 heterocycles. The van der Waals surface area contributed by atoms with Crippen molar-refractivity contribution in [1.82, 2.24) is 19.9 Å². The molecule has 1 aliphatic heterocycles. The van der Waals surface area contributed by atoms with Crippen LogP contribution in [-0.2, 0) is 11.5 Å². The molecule has 1 fully saturated rings. The first-order chi connectivity index (χ1) is 17.2. The molecular formula is C28H41N5O3Si. The van der Waals surface area contributed by atoms with Gasteiger partial charge in [0.05, 0.1) is 16.8 Å². The predicted molar refractivity (Wildman–Crippen MR) is 152 cm³/mol. The first-order valence-corrected chi connectivity index (χ1v) is 16.8. The van der Waals surface area contributed by atoms with Gasteiger partial charge in [-0.1, -0.05) is 25.7 Å². The molecule has 3 N–H and O–H groups in total. The Balaban J connectivity index is 1.62. The summed E-state index contributed by atoms with van der Waals surface area (Å²) in [6.07, 6.45) is 5.72. The quantitative estimate of drug-likeness (QED) is 0.240. The number of fused-ring (bicyclic) bond motifs is 1. The van der Waals surface area contributed by atoms with Gasteiger partial charge >= 0.3 is 5.97 Å². The number of hydrogen-bond acceptors (Lipinski definition) is 6.